The molecule has 1 N–H and O–H groups in total. The Labute approximate surface area is 160 Å². The van der Waals surface area contributed by atoms with Crippen LogP contribution in [0.3, 0.4) is 0 Å². The average Bonchev–Trinajstić information content (AvgIpc) is 2.71. The highest BCUT2D eigenvalue weighted by Gasteiger charge is 2.47. The van der Waals surface area contributed by atoms with Gasteiger partial charge < -0.3 is 14.6 Å². The summed E-state index contributed by atoms with van der Waals surface area (Å²) in [5.41, 5.74) is -0.0267. The van der Waals surface area contributed by atoms with E-state index in [1.807, 2.05) is 31.2 Å². The van der Waals surface area contributed by atoms with Crippen LogP contribution >= 0.6 is 0 Å². The van der Waals surface area contributed by atoms with E-state index in [-0.39, 0.29) is 6.42 Å². The summed E-state index contributed by atoms with van der Waals surface area (Å²) >= 11 is 0. The Hall–Kier alpha value is -3.00. The van der Waals surface area contributed by atoms with Crippen molar-refractivity contribution in [3.8, 4) is 17.6 Å². The van der Waals surface area contributed by atoms with Crippen LogP contribution in [-0.4, -0.2) is 25.3 Å². The van der Waals surface area contributed by atoms with Gasteiger partial charge in [-0.15, -0.1) is 0 Å². The highest BCUT2D eigenvalue weighted by molar-refractivity contribution is 5.80. The maximum absolute atomic E-state index is 12.3. The minimum absolute atomic E-state index is 0.276. The van der Waals surface area contributed by atoms with E-state index in [1.54, 1.807) is 38.5 Å². The van der Waals surface area contributed by atoms with E-state index in [4.69, 9.17) is 9.47 Å². The van der Waals surface area contributed by atoms with Gasteiger partial charge in [0.1, 0.15) is 11.5 Å². The minimum atomic E-state index is -1.56. The fourth-order valence-electron chi connectivity index (χ4n) is 3.35. The predicted molar refractivity (Wildman–Crippen MR) is 103 cm³/mol. The number of carboxylic acid groups (broad SMARTS) is 1. The molecule has 0 aromatic heterocycles. The number of aliphatic carboxylic acids is 1. The van der Waals surface area contributed by atoms with Crippen LogP contribution in [0.1, 0.15) is 43.2 Å². The standard InChI is InChI=1S/C22H25NO4/c1-4-5-14-22(15-23,21(24)25)20(16-6-10-18(26-2)11-7-16)17-8-12-19(27-3)13-9-17/h6-13,20H,4-5,14H2,1-3H3,(H,24,25). The Morgan fingerprint density at radius 2 is 1.48 bits per heavy atom. The maximum Gasteiger partial charge on any atom is 0.325 e. The second-order valence-electron chi connectivity index (χ2n) is 6.47. The lowest BCUT2D eigenvalue weighted by Gasteiger charge is -2.32. The zero-order valence-electron chi connectivity index (χ0n) is 15.9. The van der Waals surface area contributed by atoms with Crippen molar-refractivity contribution in [2.75, 3.05) is 14.2 Å². The molecule has 0 fully saturated rings. The normalized spacial score (nSPS) is 12.9. The highest BCUT2D eigenvalue weighted by atomic mass is 16.5. The molecule has 0 aliphatic carbocycles. The van der Waals surface area contributed by atoms with Gasteiger partial charge in [0, 0.05) is 5.92 Å². The van der Waals surface area contributed by atoms with Gasteiger partial charge in [-0.05, 0) is 41.8 Å². The first-order valence-electron chi connectivity index (χ1n) is 8.95. The maximum atomic E-state index is 12.3. The molecule has 1 atom stereocenters. The van der Waals surface area contributed by atoms with Gasteiger partial charge in [0.15, 0.2) is 5.41 Å². The van der Waals surface area contributed by atoms with E-state index in [2.05, 4.69) is 6.07 Å². The smallest absolute Gasteiger partial charge is 0.325 e. The molecule has 0 spiro atoms. The third kappa shape index (κ3) is 4.22. The van der Waals surface area contributed by atoms with E-state index in [1.165, 1.54) is 0 Å². The lowest BCUT2D eigenvalue weighted by Crippen LogP contribution is -2.37. The number of methoxy groups -OCH3 is 2. The first-order valence-corrected chi connectivity index (χ1v) is 8.95. The van der Waals surface area contributed by atoms with Gasteiger partial charge in [0.05, 0.1) is 20.3 Å². The third-order valence-electron chi connectivity index (χ3n) is 4.90. The van der Waals surface area contributed by atoms with Gasteiger partial charge in [-0.1, -0.05) is 44.0 Å². The number of rotatable bonds is 9. The zero-order chi connectivity index (χ0) is 19.9. The molecule has 0 amide bonds. The average molecular weight is 367 g/mol. The minimum Gasteiger partial charge on any atom is -0.497 e. The number of hydrogen-bond donors (Lipinski definition) is 1. The molecule has 0 aliphatic rings. The lowest BCUT2D eigenvalue weighted by atomic mass is 9.67. The van der Waals surface area contributed by atoms with Gasteiger partial charge in [0.25, 0.3) is 0 Å². The summed E-state index contributed by atoms with van der Waals surface area (Å²) in [6.07, 6.45) is 1.75. The van der Waals surface area contributed by atoms with Gasteiger partial charge in [0.2, 0.25) is 0 Å². The third-order valence-corrected chi connectivity index (χ3v) is 4.90. The summed E-state index contributed by atoms with van der Waals surface area (Å²) in [6, 6.07) is 16.6. The second kappa shape index (κ2) is 9.09. The van der Waals surface area contributed by atoms with Crippen LogP contribution < -0.4 is 9.47 Å². The molecule has 0 saturated heterocycles. The molecular weight excluding hydrogens is 342 g/mol. The molecule has 5 heteroatoms. The predicted octanol–water partition coefficient (Wildman–Crippen LogP) is 4.62. The number of carbonyl (C=O) groups is 1. The van der Waals surface area contributed by atoms with Crippen molar-refractivity contribution in [3.63, 3.8) is 0 Å². The molecule has 0 saturated carbocycles. The molecule has 2 aromatic carbocycles. The molecule has 0 radical (unpaired) electrons. The monoisotopic (exact) mass is 367 g/mol. The molecule has 2 rings (SSSR count). The number of carboxylic acids is 1. The van der Waals surface area contributed by atoms with Crippen LogP contribution in [0.2, 0.25) is 0 Å². The molecule has 1 unspecified atom stereocenters. The summed E-state index contributed by atoms with van der Waals surface area (Å²) < 4.78 is 10.4. The van der Waals surface area contributed by atoms with E-state index in [9.17, 15) is 15.2 Å². The van der Waals surface area contributed by atoms with Crippen LogP contribution in [-0.2, 0) is 4.79 Å². The molecule has 0 heterocycles. The van der Waals surface area contributed by atoms with Gasteiger partial charge >= 0.3 is 5.97 Å². The molecule has 2 aromatic rings. The van der Waals surface area contributed by atoms with Crippen molar-refractivity contribution in [1.29, 1.82) is 5.26 Å². The Morgan fingerprint density at radius 1 is 1.04 bits per heavy atom. The second-order valence-corrected chi connectivity index (χ2v) is 6.47. The molecule has 0 aliphatic heterocycles. The Morgan fingerprint density at radius 3 is 1.78 bits per heavy atom. The molecule has 142 valence electrons. The van der Waals surface area contributed by atoms with E-state index >= 15 is 0 Å². The largest absolute Gasteiger partial charge is 0.497 e. The summed E-state index contributed by atoms with van der Waals surface area (Å²) in [4.78, 5) is 12.3. The van der Waals surface area contributed by atoms with Crippen LogP contribution in [0.15, 0.2) is 48.5 Å². The van der Waals surface area contributed by atoms with Gasteiger partial charge in [-0.2, -0.15) is 5.26 Å². The van der Waals surface area contributed by atoms with Crippen LogP contribution in [0.4, 0.5) is 0 Å². The van der Waals surface area contributed by atoms with Crippen molar-refractivity contribution in [2.24, 2.45) is 5.41 Å². The fourth-order valence-corrected chi connectivity index (χ4v) is 3.35. The summed E-state index contributed by atoms with van der Waals surface area (Å²) in [6.45, 7) is 1.99. The van der Waals surface area contributed by atoms with Crippen molar-refractivity contribution in [2.45, 2.75) is 32.1 Å². The van der Waals surface area contributed by atoms with E-state index in [0.717, 1.165) is 17.5 Å². The van der Waals surface area contributed by atoms with Crippen LogP contribution in [0.25, 0.3) is 0 Å². The van der Waals surface area contributed by atoms with Crippen LogP contribution in [0.5, 0.6) is 11.5 Å². The summed E-state index contributed by atoms with van der Waals surface area (Å²) in [5, 5.41) is 20.1. The van der Waals surface area contributed by atoms with E-state index in [0.29, 0.717) is 17.9 Å². The molecule has 27 heavy (non-hydrogen) atoms. The lowest BCUT2D eigenvalue weighted by molar-refractivity contribution is -0.146. The van der Waals surface area contributed by atoms with Crippen molar-refractivity contribution < 1.29 is 19.4 Å². The zero-order valence-corrected chi connectivity index (χ0v) is 15.9. The van der Waals surface area contributed by atoms with Gasteiger partial charge in [-0.3, -0.25) is 4.79 Å². The topological polar surface area (TPSA) is 79.6 Å². The quantitative estimate of drug-likeness (QED) is 0.699. The Kier molecular flexibility index (Phi) is 6.84. The number of unbranched alkanes of at least 4 members (excludes halogenated alkanes) is 1. The van der Waals surface area contributed by atoms with Crippen LogP contribution in [0, 0.1) is 16.7 Å². The fraction of sp³-hybridized carbons (Fsp3) is 0.364. The number of hydrogen-bond acceptors (Lipinski definition) is 4. The van der Waals surface area contributed by atoms with Crippen molar-refractivity contribution in [3.05, 3.63) is 59.7 Å². The number of nitriles is 1. The van der Waals surface area contributed by atoms with Crippen molar-refractivity contribution >= 4 is 5.97 Å². The number of benzene rings is 2. The SMILES string of the molecule is CCCCC(C#N)(C(=O)O)C(c1ccc(OC)cc1)c1ccc(OC)cc1. The molecule has 5 nitrogen and oxygen atoms in total. The first kappa shape index (κ1) is 20.3. The summed E-state index contributed by atoms with van der Waals surface area (Å²) in [5.74, 6) is -0.351. The Bertz CT molecular complexity index is 745. The molecule has 0 bridgehead atoms. The van der Waals surface area contributed by atoms with E-state index < -0.39 is 17.3 Å². The number of nitrogens with zero attached hydrogens (tertiary/aromatic N) is 1. The Balaban J connectivity index is 2.64. The highest BCUT2D eigenvalue weighted by Crippen LogP contribution is 2.45. The first-order chi connectivity index (χ1) is 13.0. The molecular formula is C22H25NO4. The van der Waals surface area contributed by atoms with Gasteiger partial charge in [-0.25, -0.2) is 0 Å². The van der Waals surface area contributed by atoms with Crippen molar-refractivity contribution in [1.82, 2.24) is 0 Å². The summed E-state index contributed by atoms with van der Waals surface area (Å²) in [7, 11) is 3.15. The number of ether oxygens (including phenoxy) is 2.